The fourth-order valence-electron chi connectivity index (χ4n) is 4.66. The molecular weight excluding hydrogens is 490 g/mol. The molecule has 3 aromatic carbocycles. The van der Waals surface area contributed by atoms with Gasteiger partial charge in [-0.1, -0.05) is 125 Å². The van der Waals surface area contributed by atoms with Crippen molar-refractivity contribution >= 4 is 12.0 Å². The number of carbonyl (C=O) groups is 1. The molecule has 1 unspecified atom stereocenters. The van der Waals surface area contributed by atoms with Crippen molar-refractivity contribution in [1.29, 1.82) is 5.26 Å². The van der Waals surface area contributed by atoms with Crippen molar-refractivity contribution in [3.63, 3.8) is 0 Å². The fourth-order valence-corrected chi connectivity index (χ4v) is 4.66. The van der Waals surface area contributed by atoms with Crippen LogP contribution in [0.5, 0.6) is 0 Å². The Balaban J connectivity index is 1.43. The monoisotopic (exact) mass is 531 g/mol. The molecule has 0 saturated carbocycles. The second-order valence-electron chi connectivity index (χ2n) is 10.4. The third-order valence-electron chi connectivity index (χ3n) is 7.17. The minimum atomic E-state index is -0.953. The highest BCUT2D eigenvalue weighted by Gasteiger charge is 2.07. The molecule has 0 aliphatic heterocycles. The van der Waals surface area contributed by atoms with E-state index in [4.69, 9.17) is 5.11 Å². The number of aromatic carboxylic acids is 1. The van der Waals surface area contributed by atoms with E-state index in [1.807, 2.05) is 36.4 Å². The number of hydrogen-bond donors (Lipinski definition) is 1. The molecule has 0 amide bonds. The standard InChI is InChI=1S/C37H41NO2/c1-2-3-4-5-6-7-8-9-10-11-12-30-13-15-31(16-14-30)17-18-32-19-24-34(25-20-32)36(29-38)28-23-33-21-26-35(27-22-33)37(39)40/h13-16,19-28,36H,2-12H2,1H3,(H,39,40)/b28-23+. The predicted octanol–water partition coefficient (Wildman–Crippen LogP) is 9.57. The maximum Gasteiger partial charge on any atom is 0.335 e. The van der Waals surface area contributed by atoms with Crippen LogP contribution in [0.25, 0.3) is 6.08 Å². The van der Waals surface area contributed by atoms with Crippen molar-refractivity contribution in [2.45, 2.75) is 83.5 Å². The minimum Gasteiger partial charge on any atom is -0.478 e. The van der Waals surface area contributed by atoms with Crippen molar-refractivity contribution in [2.75, 3.05) is 0 Å². The number of carboxylic acids is 1. The first-order valence-electron chi connectivity index (χ1n) is 14.7. The SMILES string of the molecule is CCCCCCCCCCCCc1ccc(C#Cc2ccc(C(C#N)/C=C/c3ccc(C(=O)O)cc3)cc2)cc1. The van der Waals surface area contributed by atoms with Gasteiger partial charge in [-0.2, -0.15) is 5.26 Å². The molecule has 3 rings (SSSR count). The van der Waals surface area contributed by atoms with Crippen LogP contribution in [0.1, 0.15) is 115 Å². The Morgan fingerprint density at radius 2 is 1.27 bits per heavy atom. The van der Waals surface area contributed by atoms with Crippen molar-refractivity contribution < 1.29 is 9.90 Å². The largest absolute Gasteiger partial charge is 0.478 e. The molecule has 0 aromatic heterocycles. The summed E-state index contributed by atoms with van der Waals surface area (Å²) in [5.41, 5.74) is 5.27. The molecule has 0 spiro atoms. The van der Waals surface area contributed by atoms with Gasteiger partial charge >= 0.3 is 5.97 Å². The van der Waals surface area contributed by atoms with Crippen molar-refractivity contribution in [3.05, 3.63) is 112 Å². The molecule has 0 fully saturated rings. The van der Waals surface area contributed by atoms with E-state index in [9.17, 15) is 10.1 Å². The third-order valence-corrected chi connectivity index (χ3v) is 7.17. The van der Waals surface area contributed by atoms with E-state index in [-0.39, 0.29) is 5.56 Å². The second kappa shape index (κ2) is 17.5. The van der Waals surface area contributed by atoms with Gasteiger partial charge in [0.15, 0.2) is 0 Å². The summed E-state index contributed by atoms with van der Waals surface area (Å²) in [5, 5.41) is 18.7. The summed E-state index contributed by atoms with van der Waals surface area (Å²) in [7, 11) is 0. The number of benzene rings is 3. The van der Waals surface area contributed by atoms with Gasteiger partial charge in [0.25, 0.3) is 0 Å². The number of carboxylic acid groups (broad SMARTS) is 1. The molecule has 0 aliphatic rings. The first-order valence-corrected chi connectivity index (χ1v) is 14.7. The van der Waals surface area contributed by atoms with Gasteiger partial charge in [0.1, 0.15) is 0 Å². The molecule has 3 aromatic rings. The van der Waals surface area contributed by atoms with E-state index in [0.29, 0.717) is 0 Å². The zero-order valence-corrected chi connectivity index (χ0v) is 23.7. The van der Waals surface area contributed by atoms with Crippen LogP contribution < -0.4 is 0 Å². The molecule has 0 heterocycles. The second-order valence-corrected chi connectivity index (χ2v) is 10.4. The van der Waals surface area contributed by atoms with Crippen LogP contribution in [-0.4, -0.2) is 11.1 Å². The van der Waals surface area contributed by atoms with Gasteiger partial charge in [0.05, 0.1) is 17.6 Å². The predicted molar refractivity (Wildman–Crippen MR) is 165 cm³/mol. The Bertz CT molecular complexity index is 1300. The number of unbranched alkanes of at least 4 members (excludes halogenated alkanes) is 9. The van der Waals surface area contributed by atoms with E-state index >= 15 is 0 Å². The molecule has 1 atom stereocenters. The maximum absolute atomic E-state index is 11.0. The van der Waals surface area contributed by atoms with Crippen LogP contribution in [0, 0.1) is 23.2 Å². The van der Waals surface area contributed by atoms with Gasteiger partial charge in [-0.15, -0.1) is 0 Å². The van der Waals surface area contributed by atoms with Gasteiger partial charge in [0.2, 0.25) is 0 Å². The summed E-state index contributed by atoms with van der Waals surface area (Å²) in [6.07, 6.45) is 18.4. The molecule has 40 heavy (non-hydrogen) atoms. The first-order chi connectivity index (χ1) is 19.6. The molecular formula is C37H41NO2. The summed E-state index contributed by atoms with van der Waals surface area (Å²) in [4.78, 5) is 11.0. The number of hydrogen-bond acceptors (Lipinski definition) is 2. The Morgan fingerprint density at radius 1 is 0.750 bits per heavy atom. The molecule has 3 heteroatoms. The summed E-state index contributed by atoms with van der Waals surface area (Å²) in [6.45, 7) is 2.27. The lowest BCUT2D eigenvalue weighted by Crippen LogP contribution is -1.95. The van der Waals surface area contributed by atoms with E-state index in [0.717, 1.165) is 28.7 Å². The Morgan fingerprint density at radius 3 is 1.80 bits per heavy atom. The normalized spacial score (nSPS) is 11.5. The van der Waals surface area contributed by atoms with Gasteiger partial charge in [-0.25, -0.2) is 4.79 Å². The summed E-state index contributed by atoms with van der Waals surface area (Å²) < 4.78 is 0. The van der Waals surface area contributed by atoms with Crippen LogP contribution in [0.3, 0.4) is 0 Å². The minimum absolute atomic E-state index is 0.242. The number of nitrogens with zero attached hydrogens (tertiary/aromatic N) is 1. The average molecular weight is 532 g/mol. The van der Waals surface area contributed by atoms with Crippen LogP contribution >= 0.6 is 0 Å². The summed E-state index contributed by atoms with van der Waals surface area (Å²) >= 11 is 0. The Kier molecular flexibility index (Phi) is 13.3. The molecule has 3 nitrogen and oxygen atoms in total. The van der Waals surface area contributed by atoms with Crippen molar-refractivity contribution in [1.82, 2.24) is 0 Å². The number of nitriles is 1. The van der Waals surface area contributed by atoms with Crippen LogP contribution in [0.4, 0.5) is 0 Å². The summed E-state index contributed by atoms with van der Waals surface area (Å²) in [5.74, 6) is 5.12. The zero-order valence-electron chi connectivity index (χ0n) is 23.7. The van der Waals surface area contributed by atoms with E-state index in [1.54, 1.807) is 24.3 Å². The Hall–Kier alpha value is -4.08. The molecule has 1 N–H and O–H groups in total. The lowest BCUT2D eigenvalue weighted by molar-refractivity contribution is 0.0697. The third kappa shape index (κ3) is 11.0. The van der Waals surface area contributed by atoms with Gasteiger partial charge in [0, 0.05) is 11.1 Å². The lowest BCUT2D eigenvalue weighted by Gasteiger charge is -2.05. The zero-order chi connectivity index (χ0) is 28.4. The van der Waals surface area contributed by atoms with Crippen molar-refractivity contribution in [2.24, 2.45) is 0 Å². The molecule has 0 aliphatic carbocycles. The van der Waals surface area contributed by atoms with Crippen molar-refractivity contribution in [3.8, 4) is 17.9 Å². The highest BCUT2D eigenvalue weighted by atomic mass is 16.4. The fraction of sp³-hybridized carbons (Fsp3) is 0.351. The highest BCUT2D eigenvalue weighted by Crippen LogP contribution is 2.19. The number of allylic oxidation sites excluding steroid dienone is 1. The van der Waals surface area contributed by atoms with Crippen LogP contribution in [-0.2, 0) is 6.42 Å². The van der Waals surface area contributed by atoms with Crippen LogP contribution in [0.2, 0.25) is 0 Å². The maximum atomic E-state index is 11.0. The number of aryl methyl sites for hydroxylation is 1. The van der Waals surface area contributed by atoms with Gasteiger partial charge in [-0.3, -0.25) is 0 Å². The molecule has 206 valence electrons. The number of rotatable bonds is 15. The van der Waals surface area contributed by atoms with Gasteiger partial charge in [-0.05, 0) is 65.9 Å². The van der Waals surface area contributed by atoms with Crippen LogP contribution in [0.15, 0.2) is 78.9 Å². The van der Waals surface area contributed by atoms with E-state index in [1.165, 1.54) is 69.8 Å². The lowest BCUT2D eigenvalue weighted by atomic mass is 9.98. The topological polar surface area (TPSA) is 61.1 Å². The highest BCUT2D eigenvalue weighted by molar-refractivity contribution is 5.87. The molecule has 0 bridgehead atoms. The smallest absolute Gasteiger partial charge is 0.335 e. The first kappa shape index (κ1) is 30.5. The quantitative estimate of drug-likeness (QED) is 0.157. The molecule has 0 saturated heterocycles. The average Bonchev–Trinajstić information content (AvgIpc) is 2.99. The van der Waals surface area contributed by atoms with E-state index in [2.05, 4.69) is 49.1 Å². The van der Waals surface area contributed by atoms with Gasteiger partial charge < -0.3 is 5.11 Å². The van der Waals surface area contributed by atoms with E-state index < -0.39 is 11.9 Å². The summed E-state index contributed by atoms with van der Waals surface area (Å²) in [6, 6.07) is 25.3. The Labute approximate surface area is 240 Å². The molecule has 0 radical (unpaired) electrons.